The molecule has 8 heteroatoms. The first kappa shape index (κ1) is 14.6. The summed E-state index contributed by atoms with van der Waals surface area (Å²) in [5.74, 6) is -3.52. The molecule has 1 saturated heterocycles. The Morgan fingerprint density at radius 1 is 1.50 bits per heavy atom. The molecule has 0 aromatic carbocycles. The van der Waals surface area contributed by atoms with Crippen LogP contribution in [0.1, 0.15) is 12.8 Å². The minimum absolute atomic E-state index is 0.264. The molecule has 0 bridgehead atoms. The summed E-state index contributed by atoms with van der Waals surface area (Å²) in [5, 5.41) is 31.3. The Hall–Kier alpha value is -1.80. The number of cyclic esters (lactones) is 1. The van der Waals surface area contributed by atoms with Crippen LogP contribution in [0, 0.1) is 5.92 Å². The van der Waals surface area contributed by atoms with Gasteiger partial charge in [0.05, 0.1) is 5.92 Å². The largest absolute Gasteiger partial charge is 0.505 e. The summed E-state index contributed by atoms with van der Waals surface area (Å²) in [4.78, 5) is 22.7. The second kappa shape index (κ2) is 6.10. The second-order valence-corrected chi connectivity index (χ2v) is 4.80. The normalized spacial score (nSPS) is 28.1. The summed E-state index contributed by atoms with van der Waals surface area (Å²) in [5.41, 5.74) is 0. The van der Waals surface area contributed by atoms with Crippen LogP contribution in [0.5, 0.6) is 0 Å². The van der Waals surface area contributed by atoms with Gasteiger partial charge in [0.15, 0.2) is 11.9 Å². The molecule has 0 aromatic rings. The average Bonchev–Trinajstić information content (AvgIpc) is 2.73. The molecule has 1 fully saturated rings. The van der Waals surface area contributed by atoms with E-state index in [4.69, 9.17) is 9.84 Å². The van der Waals surface area contributed by atoms with E-state index in [-0.39, 0.29) is 5.92 Å². The fourth-order valence-electron chi connectivity index (χ4n) is 2.15. The van der Waals surface area contributed by atoms with Gasteiger partial charge in [0.25, 0.3) is 0 Å². The van der Waals surface area contributed by atoms with E-state index in [1.54, 1.807) is 0 Å². The van der Waals surface area contributed by atoms with Crippen molar-refractivity contribution in [2.75, 3.05) is 19.7 Å². The van der Waals surface area contributed by atoms with Crippen LogP contribution in [0.3, 0.4) is 0 Å². The van der Waals surface area contributed by atoms with E-state index in [0.29, 0.717) is 13.0 Å². The molecular weight excluding hydrogens is 270 g/mol. The Labute approximate surface area is 115 Å². The first-order chi connectivity index (χ1) is 9.50. The van der Waals surface area contributed by atoms with E-state index in [0.717, 1.165) is 13.0 Å². The number of esters is 2. The van der Waals surface area contributed by atoms with Crippen molar-refractivity contribution in [1.82, 2.24) is 5.32 Å². The molecule has 2 aliphatic rings. The quantitative estimate of drug-likeness (QED) is 0.492. The molecule has 3 atom stereocenters. The third kappa shape index (κ3) is 3.02. The standard InChI is InChI=1S/C12H17NO7/c14-7(10-8(15)9(16)12(18)20-10)5-19-11(17)6-2-1-3-13-4-6/h6-7,10,13-16H,1-5H2/t6?,7-,10+/m0/s1. The molecule has 8 nitrogen and oxygen atoms in total. The number of nitrogens with one attached hydrogen (secondary N) is 1. The van der Waals surface area contributed by atoms with Gasteiger partial charge in [-0.05, 0) is 19.4 Å². The van der Waals surface area contributed by atoms with Crippen LogP contribution in [0.4, 0.5) is 0 Å². The topological polar surface area (TPSA) is 125 Å². The SMILES string of the molecule is O=C1O[C@H]([C@@H](O)COC(=O)C2CCCNC2)C(O)=C1O. The molecule has 0 aliphatic carbocycles. The minimum atomic E-state index is -1.43. The molecule has 0 aromatic heterocycles. The number of carbonyl (C=O) groups excluding carboxylic acids is 2. The number of carbonyl (C=O) groups is 2. The zero-order valence-electron chi connectivity index (χ0n) is 10.7. The van der Waals surface area contributed by atoms with Crippen molar-refractivity contribution < 1.29 is 34.4 Å². The highest BCUT2D eigenvalue weighted by Crippen LogP contribution is 2.22. The maximum atomic E-state index is 11.7. The average molecular weight is 287 g/mol. The van der Waals surface area contributed by atoms with Crippen molar-refractivity contribution in [3.63, 3.8) is 0 Å². The molecule has 2 heterocycles. The number of aliphatic hydroxyl groups excluding tert-OH is 3. The minimum Gasteiger partial charge on any atom is -0.505 e. The summed E-state index contributed by atoms with van der Waals surface area (Å²) >= 11 is 0. The maximum absolute atomic E-state index is 11.7. The van der Waals surface area contributed by atoms with E-state index in [1.165, 1.54) is 0 Å². The van der Waals surface area contributed by atoms with Gasteiger partial charge < -0.3 is 30.1 Å². The van der Waals surface area contributed by atoms with Crippen molar-refractivity contribution in [3.05, 3.63) is 11.5 Å². The molecule has 2 rings (SSSR count). The molecule has 4 N–H and O–H groups in total. The van der Waals surface area contributed by atoms with Gasteiger partial charge in [-0.3, -0.25) is 4.79 Å². The molecule has 0 radical (unpaired) electrons. The molecule has 1 unspecified atom stereocenters. The van der Waals surface area contributed by atoms with Gasteiger partial charge in [-0.2, -0.15) is 0 Å². The summed E-state index contributed by atoms with van der Waals surface area (Å²) < 4.78 is 9.50. The van der Waals surface area contributed by atoms with Crippen LogP contribution in [-0.4, -0.2) is 59.2 Å². The molecule has 2 aliphatic heterocycles. The van der Waals surface area contributed by atoms with Gasteiger partial charge in [-0.25, -0.2) is 4.79 Å². The predicted octanol–water partition coefficient (Wildman–Crippen LogP) is -0.857. The Morgan fingerprint density at radius 3 is 2.80 bits per heavy atom. The van der Waals surface area contributed by atoms with E-state index in [2.05, 4.69) is 10.1 Å². The lowest BCUT2D eigenvalue weighted by atomic mass is 10.0. The van der Waals surface area contributed by atoms with Crippen molar-refractivity contribution in [2.24, 2.45) is 5.92 Å². The van der Waals surface area contributed by atoms with Gasteiger partial charge in [-0.15, -0.1) is 0 Å². The van der Waals surface area contributed by atoms with Gasteiger partial charge in [0.1, 0.15) is 12.7 Å². The smallest absolute Gasteiger partial charge is 0.377 e. The van der Waals surface area contributed by atoms with E-state index in [9.17, 15) is 19.8 Å². The number of rotatable bonds is 4. The van der Waals surface area contributed by atoms with Gasteiger partial charge in [0, 0.05) is 6.54 Å². The zero-order chi connectivity index (χ0) is 14.7. The van der Waals surface area contributed by atoms with Gasteiger partial charge in [0.2, 0.25) is 5.76 Å². The van der Waals surface area contributed by atoms with E-state index < -0.39 is 42.3 Å². The lowest BCUT2D eigenvalue weighted by molar-refractivity contribution is -0.157. The lowest BCUT2D eigenvalue weighted by Gasteiger charge is -2.22. The van der Waals surface area contributed by atoms with Crippen molar-refractivity contribution in [3.8, 4) is 0 Å². The molecule has 20 heavy (non-hydrogen) atoms. The highest BCUT2D eigenvalue weighted by atomic mass is 16.6. The highest BCUT2D eigenvalue weighted by molar-refractivity contribution is 5.89. The summed E-state index contributed by atoms with van der Waals surface area (Å²) in [7, 11) is 0. The predicted molar refractivity (Wildman–Crippen MR) is 64.7 cm³/mol. The molecule has 0 amide bonds. The summed E-state index contributed by atoms with van der Waals surface area (Å²) in [6, 6.07) is 0. The summed E-state index contributed by atoms with van der Waals surface area (Å²) in [6.07, 6.45) is -1.24. The van der Waals surface area contributed by atoms with Crippen molar-refractivity contribution in [1.29, 1.82) is 0 Å². The van der Waals surface area contributed by atoms with Gasteiger partial charge in [-0.1, -0.05) is 0 Å². The first-order valence-electron chi connectivity index (χ1n) is 6.39. The van der Waals surface area contributed by atoms with E-state index >= 15 is 0 Å². The molecule has 0 spiro atoms. The van der Waals surface area contributed by atoms with Crippen LogP contribution in [0.15, 0.2) is 11.5 Å². The number of ether oxygens (including phenoxy) is 2. The lowest BCUT2D eigenvalue weighted by Crippen LogP contribution is -2.38. The number of aliphatic hydroxyl groups is 3. The Kier molecular flexibility index (Phi) is 4.46. The van der Waals surface area contributed by atoms with Crippen LogP contribution >= 0.6 is 0 Å². The third-order valence-electron chi connectivity index (χ3n) is 3.32. The number of hydrogen-bond acceptors (Lipinski definition) is 8. The monoisotopic (exact) mass is 287 g/mol. The van der Waals surface area contributed by atoms with Crippen molar-refractivity contribution >= 4 is 11.9 Å². The second-order valence-electron chi connectivity index (χ2n) is 4.80. The Bertz CT molecular complexity index is 428. The first-order valence-corrected chi connectivity index (χ1v) is 6.39. The fraction of sp³-hybridized carbons (Fsp3) is 0.667. The third-order valence-corrected chi connectivity index (χ3v) is 3.32. The fourth-order valence-corrected chi connectivity index (χ4v) is 2.15. The van der Waals surface area contributed by atoms with Crippen LogP contribution < -0.4 is 5.32 Å². The number of piperidine rings is 1. The van der Waals surface area contributed by atoms with Crippen molar-refractivity contribution in [2.45, 2.75) is 25.0 Å². The summed E-state index contributed by atoms with van der Waals surface area (Å²) in [6.45, 7) is 0.965. The Morgan fingerprint density at radius 2 is 2.25 bits per heavy atom. The molecule has 112 valence electrons. The molecular formula is C12H17NO7. The van der Waals surface area contributed by atoms with Crippen LogP contribution in [-0.2, 0) is 19.1 Å². The Balaban J connectivity index is 1.82. The number of hydrogen-bond donors (Lipinski definition) is 4. The highest BCUT2D eigenvalue weighted by Gasteiger charge is 2.40. The van der Waals surface area contributed by atoms with E-state index in [1.807, 2.05) is 0 Å². The van der Waals surface area contributed by atoms with Crippen LogP contribution in [0.2, 0.25) is 0 Å². The van der Waals surface area contributed by atoms with Gasteiger partial charge >= 0.3 is 11.9 Å². The molecule has 0 saturated carbocycles. The maximum Gasteiger partial charge on any atom is 0.377 e. The van der Waals surface area contributed by atoms with Crippen LogP contribution in [0.25, 0.3) is 0 Å². The zero-order valence-corrected chi connectivity index (χ0v) is 10.7.